The molecule has 1 saturated carbocycles. The molecule has 0 unspecified atom stereocenters. The number of nitrogens with zero attached hydrogens (tertiary/aromatic N) is 2. The number of ether oxygens (including phenoxy) is 1. The van der Waals surface area contributed by atoms with Crippen molar-refractivity contribution in [3.8, 4) is 12.1 Å². The van der Waals surface area contributed by atoms with Gasteiger partial charge in [0, 0.05) is 6.08 Å². The zero-order chi connectivity index (χ0) is 15.6. The lowest BCUT2D eigenvalue weighted by Crippen LogP contribution is -2.21. The van der Waals surface area contributed by atoms with Crippen LogP contribution in [0, 0.1) is 28.6 Å². The Labute approximate surface area is 132 Å². The van der Waals surface area contributed by atoms with Crippen LogP contribution in [0.5, 0.6) is 0 Å². The van der Waals surface area contributed by atoms with E-state index in [4.69, 9.17) is 15.3 Å². The molecule has 0 heterocycles. The van der Waals surface area contributed by atoms with Crippen molar-refractivity contribution < 1.29 is 4.74 Å². The third kappa shape index (κ3) is 5.35. The summed E-state index contributed by atoms with van der Waals surface area (Å²) in [6.07, 6.45) is 10.8. The number of hydrogen-bond acceptors (Lipinski definition) is 3. The second-order valence-electron chi connectivity index (χ2n) is 5.87. The molecule has 0 atom stereocenters. The quantitative estimate of drug-likeness (QED) is 0.726. The molecule has 0 spiro atoms. The third-order valence-electron chi connectivity index (χ3n) is 4.30. The molecule has 0 aromatic heterocycles. The Morgan fingerprint density at radius 1 is 1.09 bits per heavy atom. The predicted molar refractivity (Wildman–Crippen MR) is 85.7 cm³/mol. The first-order chi connectivity index (χ1) is 10.8. The maximum atomic E-state index is 8.78. The Balaban J connectivity index is 1.66. The first kappa shape index (κ1) is 16.3. The molecule has 0 N–H and O–H groups in total. The summed E-state index contributed by atoms with van der Waals surface area (Å²) in [6, 6.07) is 11.8. The van der Waals surface area contributed by atoms with Crippen molar-refractivity contribution in [2.75, 3.05) is 0 Å². The third-order valence-corrected chi connectivity index (χ3v) is 4.30. The minimum atomic E-state index is 0.363. The molecule has 0 radical (unpaired) electrons. The number of benzene rings is 1. The summed E-state index contributed by atoms with van der Waals surface area (Å²) < 4.78 is 5.99. The average Bonchev–Trinajstić information content (AvgIpc) is 2.58. The molecular formula is C19H22N2O. The van der Waals surface area contributed by atoms with E-state index in [2.05, 4.69) is 6.07 Å². The van der Waals surface area contributed by atoms with E-state index in [-0.39, 0.29) is 0 Å². The van der Waals surface area contributed by atoms with Gasteiger partial charge >= 0.3 is 0 Å². The van der Waals surface area contributed by atoms with Crippen LogP contribution < -0.4 is 0 Å². The summed E-state index contributed by atoms with van der Waals surface area (Å²) >= 11 is 0. The van der Waals surface area contributed by atoms with Gasteiger partial charge in [-0.25, -0.2) is 0 Å². The van der Waals surface area contributed by atoms with Crippen molar-refractivity contribution >= 4 is 0 Å². The molecule has 3 heteroatoms. The summed E-state index contributed by atoms with van der Waals surface area (Å²) in [6.45, 7) is 0.631. The minimum Gasteiger partial charge on any atom is -0.374 e. The van der Waals surface area contributed by atoms with E-state index >= 15 is 0 Å². The zero-order valence-corrected chi connectivity index (χ0v) is 12.9. The van der Waals surface area contributed by atoms with Gasteiger partial charge < -0.3 is 4.74 Å². The van der Waals surface area contributed by atoms with Crippen LogP contribution in [-0.4, -0.2) is 6.10 Å². The largest absolute Gasteiger partial charge is 0.374 e. The molecule has 3 nitrogen and oxygen atoms in total. The fourth-order valence-corrected chi connectivity index (χ4v) is 2.94. The van der Waals surface area contributed by atoms with Gasteiger partial charge in [0.1, 0.15) is 0 Å². The van der Waals surface area contributed by atoms with Crippen LogP contribution >= 0.6 is 0 Å². The maximum absolute atomic E-state index is 8.78. The molecule has 1 aromatic carbocycles. The Morgan fingerprint density at radius 2 is 1.82 bits per heavy atom. The van der Waals surface area contributed by atoms with Crippen LogP contribution in [0.4, 0.5) is 0 Å². The number of rotatable bonds is 6. The average molecular weight is 294 g/mol. The highest BCUT2D eigenvalue weighted by molar-refractivity contribution is 5.31. The van der Waals surface area contributed by atoms with Gasteiger partial charge in [-0.2, -0.15) is 10.5 Å². The Bertz CT molecular complexity index is 555. The molecule has 1 aliphatic carbocycles. The van der Waals surface area contributed by atoms with Crippen molar-refractivity contribution in [3.63, 3.8) is 0 Å². The van der Waals surface area contributed by atoms with Crippen molar-refractivity contribution in [3.05, 3.63) is 47.5 Å². The molecule has 0 saturated heterocycles. The van der Waals surface area contributed by atoms with E-state index < -0.39 is 0 Å². The summed E-state index contributed by atoms with van der Waals surface area (Å²) in [7, 11) is 0. The summed E-state index contributed by atoms with van der Waals surface area (Å²) in [5.41, 5.74) is 1.82. The van der Waals surface area contributed by atoms with E-state index in [1.807, 2.05) is 36.4 Å². The smallest absolute Gasteiger partial charge is 0.0991 e. The summed E-state index contributed by atoms with van der Waals surface area (Å²) in [5.74, 6) is 0.776. The van der Waals surface area contributed by atoms with Gasteiger partial charge in [-0.05, 0) is 62.1 Å². The molecule has 114 valence electrons. The van der Waals surface area contributed by atoms with Gasteiger partial charge in [0.05, 0.1) is 30.4 Å². The molecule has 0 amide bonds. The molecular weight excluding hydrogens is 272 g/mol. The van der Waals surface area contributed by atoms with Crippen molar-refractivity contribution in [2.45, 2.75) is 51.2 Å². The van der Waals surface area contributed by atoms with Gasteiger partial charge in [-0.3, -0.25) is 0 Å². The fraction of sp³-hybridized carbons (Fsp3) is 0.474. The lowest BCUT2D eigenvalue weighted by atomic mass is 9.84. The van der Waals surface area contributed by atoms with Crippen LogP contribution in [-0.2, 0) is 11.3 Å². The zero-order valence-electron chi connectivity index (χ0n) is 12.9. The SMILES string of the molecule is N#CC=CCCC1CCC(OCc2ccc(C#N)cc2)CC1. The van der Waals surface area contributed by atoms with Gasteiger partial charge in [0.25, 0.3) is 0 Å². The lowest BCUT2D eigenvalue weighted by Gasteiger charge is -2.28. The lowest BCUT2D eigenvalue weighted by molar-refractivity contribution is 0.00647. The second kappa shape index (κ2) is 9.03. The number of nitriles is 2. The fourth-order valence-electron chi connectivity index (χ4n) is 2.94. The van der Waals surface area contributed by atoms with Crippen LogP contribution in [0.2, 0.25) is 0 Å². The van der Waals surface area contributed by atoms with E-state index in [9.17, 15) is 0 Å². The first-order valence-corrected chi connectivity index (χ1v) is 7.97. The highest BCUT2D eigenvalue weighted by Gasteiger charge is 2.21. The number of allylic oxidation sites excluding steroid dienone is 2. The van der Waals surface area contributed by atoms with E-state index in [1.54, 1.807) is 6.08 Å². The Kier molecular flexibility index (Phi) is 6.68. The van der Waals surface area contributed by atoms with E-state index in [1.165, 1.54) is 19.3 Å². The normalized spacial score (nSPS) is 21.4. The molecule has 1 fully saturated rings. The molecule has 2 rings (SSSR count). The van der Waals surface area contributed by atoms with Gasteiger partial charge in [-0.15, -0.1) is 0 Å². The Morgan fingerprint density at radius 3 is 2.45 bits per heavy atom. The van der Waals surface area contributed by atoms with E-state index in [0.29, 0.717) is 18.3 Å². The van der Waals surface area contributed by atoms with Gasteiger partial charge in [-0.1, -0.05) is 18.2 Å². The Hall–Kier alpha value is -2.10. The monoisotopic (exact) mass is 294 g/mol. The van der Waals surface area contributed by atoms with Gasteiger partial charge in [0.2, 0.25) is 0 Å². The summed E-state index contributed by atoms with van der Waals surface area (Å²) in [5, 5.41) is 17.2. The van der Waals surface area contributed by atoms with Crippen LogP contribution in [0.3, 0.4) is 0 Å². The summed E-state index contributed by atoms with van der Waals surface area (Å²) in [4.78, 5) is 0. The van der Waals surface area contributed by atoms with Crippen LogP contribution in [0.15, 0.2) is 36.4 Å². The highest BCUT2D eigenvalue weighted by Crippen LogP contribution is 2.30. The molecule has 1 aliphatic rings. The first-order valence-electron chi connectivity index (χ1n) is 7.97. The van der Waals surface area contributed by atoms with Gasteiger partial charge in [0.15, 0.2) is 0 Å². The standard InChI is InChI=1S/C19H22N2O/c20-13-3-1-2-4-16-9-11-19(12-10-16)22-15-18-7-5-17(14-21)6-8-18/h1,3,5-8,16,19H,2,4,9-12,15H2. The number of hydrogen-bond donors (Lipinski definition) is 0. The molecule has 22 heavy (non-hydrogen) atoms. The predicted octanol–water partition coefficient (Wildman–Crippen LogP) is 4.49. The van der Waals surface area contributed by atoms with Crippen LogP contribution in [0.25, 0.3) is 0 Å². The van der Waals surface area contributed by atoms with Crippen molar-refractivity contribution in [1.82, 2.24) is 0 Å². The van der Waals surface area contributed by atoms with Crippen molar-refractivity contribution in [2.24, 2.45) is 5.92 Å². The van der Waals surface area contributed by atoms with Crippen LogP contribution in [0.1, 0.15) is 49.7 Å². The molecule has 0 aliphatic heterocycles. The molecule has 1 aromatic rings. The van der Waals surface area contributed by atoms with E-state index in [0.717, 1.165) is 30.7 Å². The molecule has 0 bridgehead atoms. The maximum Gasteiger partial charge on any atom is 0.0991 e. The van der Waals surface area contributed by atoms with Crippen molar-refractivity contribution in [1.29, 1.82) is 10.5 Å². The highest BCUT2D eigenvalue weighted by atomic mass is 16.5. The minimum absolute atomic E-state index is 0.363. The topological polar surface area (TPSA) is 56.8 Å². The second-order valence-corrected chi connectivity index (χ2v) is 5.87.